The van der Waals surface area contributed by atoms with Gasteiger partial charge in [-0.25, -0.2) is 0 Å². The lowest BCUT2D eigenvalue weighted by Gasteiger charge is -2.08. The lowest BCUT2D eigenvalue weighted by atomic mass is 9.99. The van der Waals surface area contributed by atoms with E-state index in [-0.39, 0.29) is 0 Å². The van der Waals surface area contributed by atoms with Gasteiger partial charge in [-0.15, -0.1) is 0 Å². The zero-order chi connectivity index (χ0) is 9.54. The predicted molar refractivity (Wildman–Crippen MR) is 61.4 cm³/mol. The van der Waals surface area contributed by atoms with Crippen molar-refractivity contribution in [1.29, 1.82) is 0 Å². The summed E-state index contributed by atoms with van der Waals surface area (Å²) in [6.45, 7) is 2.55. The predicted octanol–water partition coefficient (Wildman–Crippen LogP) is 2.71. The van der Waals surface area contributed by atoms with Crippen molar-refractivity contribution in [3.8, 4) is 0 Å². The van der Waals surface area contributed by atoms with Crippen molar-refractivity contribution in [1.82, 2.24) is 4.90 Å². The highest BCUT2D eigenvalue weighted by Crippen LogP contribution is 2.40. The van der Waals surface area contributed by atoms with Crippen molar-refractivity contribution in [3.63, 3.8) is 0 Å². The molecule has 2 heteroatoms. The van der Waals surface area contributed by atoms with Gasteiger partial charge in [0.05, 0.1) is 0 Å². The molecular weight excluding hydrogens is 190 g/mol. The zero-order valence-electron chi connectivity index (χ0n) is 8.44. The molecule has 1 fully saturated rings. The molecule has 74 valence electrons. The van der Waals surface area contributed by atoms with E-state index in [0.29, 0.717) is 0 Å². The molecule has 0 saturated carbocycles. The summed E-state index contributed by atoms with van der Waals surface area (Å²) in [5.74, 6) is 1.73. The first-order valence-corrected chi connectivity index (χ1v) is 6.19. The van der Waals surface area contributed by atoms with Crippen molar-refractivity contribution in [3.05, 3.63) is 28.5 Å². The monoisotopic (exact) mass is 205 g/mol. The number of allylic oxidation sites excluding steroid dienone is 1. The van der Waals surface area contributed by atoms with Crippen LogP contribution in [0.15, 0.2) is 22.9 Å². The molecule has 1 aromatic heterocycles. The lowest BCUT2D eigenvalue weighted by Crippen LogP contribution is -2.14. The highest BCUT2D eigenvalue weighted by Gasteiger charge is 2.34. The van der Waals surface area contributed by atoms with E-state index in [1.165, 1.54) is 25.1 Å². The van der Waals surface area contributed by atoms with E-state index < -0.39 is 0 Å². The van der Waals surface area contributed by atoms with Gasteiger partial charge in [0.15, 0.2) is 0 Å². The molecule has 0 amide bonds. The number of rotatable bonds is 1. The Morgan fingerprint density at radius 1 is 1.43 bits per heavy atom. The third-order valence-corrected chi connectivity index (χ3v) is 4.15. The van der Waals surface area contributed by atoms with Gasteiger partial charge in [-0.05, 0) is 53.3 Å². The second-order valence-corrected chi connectivity index (χ2v) is 5.33. The van der Waals surface area contributed by atoms with Gasteiger partial charge in [0.25, 0.3) is 0 Å². The van der Waals surface area contributed by atoms with Crippen LogP contribution in [-0.4, -0.2) is 25.0 Å². The van der Waals surface area contributed by atoms with Gasteiger partial charge < -0.3 is 4.90 Å². The van der Waals surface area contributed by atoms with Crippen molar-refractivity contribution in [2.24, 2.45) is 11.8 Å². The zero-order valence-corrected chi connectivity index (χ0v) is 9.26. The molecule has 0 N–H and O–H groups in total. The Hall–Kier alpha value is -0.600. The Morgan fingerprint density at radius 2 is 2.36 bits per heavy atom. The number of hydrogen-bond acceptors (Lipinski definition) is 2. The van der Waals surface area contributed by atoms with Crippen LogP contribution in [0.5, 0.6) is 0 Å². The number of thiophene rings is 1. The molecule has 2 unspecified atom stereocenters. The van der Waals surface area contributed by atoms with E-state index in [1.54, 1.807) is 16.9 Å². The summed E-state index contributed by atoms with van der Waals surface area (Å²) in [5.41, 5.74) is 3.06. The third kappa shape index (κ3) is 1.33. The van der Waals surface area contributed by atoms with Crippen LogP contribution in [0.1, 0.15) is 12.0 Å². The largest absolute Gasteiger partial charge is 0.305 e. The Kier molecular flexibility index (Phi) is 1.99. The van der Waals surface area contributed by atoms with Gasteiger partial charge in [0, 0.05) is 13.1 Å². The Morgan fingerprint density at radius 3 is 3.07 bits per heavy atom. The Balaban J connectivity index is 1.83. The molecule has 14 heavy (non-hydrogen) atoms. The maximum Gasteiger partial charge on any atom is 0.00449 e. The Labute approximate surface area is 89.0 Å². The SMILES string of the molecule is CN1CC2C=C(c3ccsc3)CC2C1. The highest BCUT2D eigenvalue weighted by atomic mass is 32.1. The van der Waals surface area contributed by atoms with Gasteiger partial charge >= 0.3 is 0 Å². The molecule has 2 atom stereocenters. The molecule has 1 aromatic rings. The number of nitrogens with zero attached hydrogens (tertiary/aromatic N) is 1. The molecule has 0 aromatic carbocycles. The summed E-state index contributed by atoms with van der Waals surface area (Å²) in [6, 6.07) is 2.25. The quantitative estimate of drug-likeness (QED) is 0.681. The summed E-state index contributed by atoms with van der Waals surface area (Å²) in [5, 5.41) is 4.45. The summed E-state index contributed by atoms with van der Waals surface area (Å²) in [4.78, 5) is 2.45. The lowest BCUT2D eigenvalue weighted by molar-refractivity contribution is 0.395. The van der Waals surface area contributed by atoms with Crippen molar-refractivity contribution in [2.75, 3.05) is 20.1 Å². The van der Waals surface area contributed by atoms with Crippen LogP contribution >= 0.6 is 11.3 Å². The van der Waals surface area contributed by atoms with Crippen LogP contribution in [-0.2, 0) is 0 Å². The molecule has 1 aliphatic heterocycles. The average Bonchev–Trinajstić information content (AvgIpc) is 2.74. The minimum atomic E-state index is 0.829. The van der Waals surface area contributed by atoms with E-state index >= 15 is 0 Å². The maximum absolute atomic E-state index is 2.51. The fourth-order valence-corrected chi connectivity index (χ4v) is 3.47. The molecule has 0 spiro atoms. The van der Waals surface area contributed by atoms with E-state index in [1.807, 2.05) is 0 Å². The number of likely N-dealkylation sites (tertiary alicyclic amines) is 1. The molecule has 0 bridgehead atoms. The molecule has 1 aliphatic carbocycles. The van der Waals surface area contributed by atoms with Gasteiger partial charge in [0.2, 0.25) is 0 Å². The minimum absolute atomic E-state index is 0.829. The normalized spacial score (nSPS) is 31.9. The van der Waals surface area contributed by atoms with Crippen LogP contribution in [0.4, 0.5) is 0 Å². The molecule has 2 aliphatic rings. The van der Waals surface area contributed by atoms with Crippen LogP contribution in [0.2, 0.25) is 0 Å². The second-order valence-electron chi connectivity index (χ2n) is 4.55. The molecule has 1 nitrogen and oxygen atoms in total. The molecule has 1 saturated heterocycles. The Bertz CT molecular complexity index is 352. The van der Waals surface area contributed by atoms with Crippen molar-refractivity contribution >= 4 is 16.9 Å². The smallest absolute Gasteiger partial charge is 0.00449 e. The van der Waals surface area contributed by atoms with Gasteiger partial charge in [0.1, 0.15) is 0 Å². The van der Waals surface area contributed by atoms with E-state index in [9.17, 15) is 0 Å². The highest BCUT2D eigenvalue weighted by molar-refractivity contribution is 7.08. The van der Waals surface area contributed by atoms with Crippen molar-refractivity contribution < 1.29 is 0 Å². The van der Waals surface area contributed by atoms with Crippen LogP contribution in [0, 0.1) is 11.8 Å². The third-order valence-electron chi connectivity index (χ3n) is 3.46. The number of hydrogen-bond donors (Lipinski definition) is 0. The minimum Gasteiger partial charge on any atom is -0.305 e. The first kappa shape index (κ1) is 8.69. The first-order chi connectivity index (χ1) is 6.83. The van der Waals surface area contributed by atoms with E-state index in [2.05, 4.69) is 34.9 Å². The maximum atomic E-state index is 2.51. The first-order valence-electron chi connectivity index (χ1n) is 5.25. The fourth-order valence-electron chi connectivity index (χ4n) is 2.79. The van der Waals surface area contributed by atoms with Gasteiger partial charge in [-0.1, -0.05) is 6.08 Å². The van der Waals surface area contributed by atoms with Crippen LogP contribution < -0.4 is 0 Å². The molecule has 3 rings (SSSR count). The van der Waals surface area contributed by atoms with Crippen molar-refractivity contribution in [2.45, 2.75) is 6.42 Å². The standard InChI is InChI=1S/C12H15NS/c1-13-6-11-4-10(5-12(11)7-13)9-2-3-14-8-9/h2-4,8,11-12H,5-7H2,1H3. The molecule has 2 heterocycles. The topological polar surface area (TPSA) is 3.24 Å². The van der Waals surface area contributed by atoms with Gasteiger partial charge in [-0.3, -0.25) is 0 Å². The van der Waals surface area contributed by atoms with Gasteiger partial charge in [-0.2, -0.15) is 11.3 Å². The molecule has 0 radical (unpaired) electrons. The number of fused-ring (bicyclic) bond motifs is 1. The van der Waals surface area contributed by atoms with Crippen LogP contribution in [0.3, 0.4) is 0 Å². The summed E-state index contributed by atoms with van der Waals surface area (Å²) < 4.78 is 0. The summed E-state index contributed by atoms with van der Waals surface area (Å²) in [6.07, 6.45) is 3.81. The molecular formula is C12H15NS. The van der Waals surface area contributed by atoms with E-state index in [4.69, 9.17) is 0 Å². The summed E-state index contributed by atoms with van der Waals surface area (Å²) in [7, 11) is 2.23. The fraction of sp³-hybridized carbons (Fsp3) is 0.500. The van der Waals surface area contributed by atoms with Crippen LogP contribution in [0.25, 0.3) is 5.57 Å². The average molecular weight is 205 g/mol. The summed E-state index contributed by atoms with van der Waals surface area (Å²) >= 11 is 1.80. The second kappa shape index (κ2) is 3.21. The van der Waals surface area contributed by atoms with E-state index in [0.717, 1.165) is 11.8 Å².